The van der Waals surface area contributed by atoms with Crippen molar-refractivity contribution < 1.29 is 9.53 Å². The van der Waals surface area contributed by atoms with Crippen molar-refractivity contribution in [3.8, 4) is 5.75 Å². The molecule has 27 heavy (non-hydrogen) atoms. The van der Waals surface area contributed by atoms with Crippen molar-refractivity contribution in [2.45, 2.75) is 39.3 Å². The third-order valence-electron chi connectivity index (χ3n) is 5.46. The van der Waals surface area contributed by atoms with Gasteiger partial charge in [0.25, 0.3) is 0 Å². The summed E-state index contributed by atoms with van der Waals surface area (Å²) in [6.45, 7) is 7.07. The van der Waals surface area contributed by atoms with Crippen molar-refractivity contribution in [2.75, 3.05) is 20.2 Å². The number of likely N-dealkylation sites (tertiary alicyclic amines) is 1. The summed E-state index contributed by atoms with van der Waals surface area (Å²) in [4.78, 5) is 15.1. The maximum absolute atomic E-state index is 12.7. The minimum atomic E-state index is 0.00833. The van der Waals surface area contributed by atoms with Gasteiger partial charge in [0.15, 0.2) is 0 Å². The average molecular weight is 367 g/mol. The number of carbonyl (C=O) groups excluding carboxylic acids is 1. The van der Waals surface area contributed by atoms with Crippen LogP contribution in [0.3, 0.4) is 0 Å². The Morgan fingerprint density at radius 3 is 2.33 bits per heavy atom. The molecule has 0 aromatic heterocycles. The molecule has 144 valence electrons. The molecule has 3 rings (SSSR count). The molecule has 0 aliphatic carbocycles. The van der Waals surface area contributed by atoms with Gasteiger partial charge in [-0.2, -0.15) is 0 Å². The van der Waals surface area contributed by atoms with E-state index < -0.39 is 0 Å². The number of benzene rings is 2. The molecule has 1 fully saturated rings. The number of hydrogen-bond donors (Lipinski definition) is 1. The van der Waals surface area contributed by atoms with Gasteiger partial charge in [-0.3, -0.25) is 9.69 Å². The Labute approximate surface area is 162 Å². The summed E-state index contributed by atoms with van der Waals surface area (Å²) >= 11 is 0. The molecule has 0 bridgehead atoms. The summed E-state index contributed by atoms with van der Waals surface area (Å²) in [5.74, 6) is 1.12. The first kappa shape index (κ1) is 19.4. The van der Waals surface area contributed by atoms with Crippen molar-refractivity contribution in [3.05, 3.63) is 65.2 Å². The normalized spacial score (nSPS) is 16.7. The molecule has 2 aromatic carbocycles. The molecular formula is C23H30N2O2. The van der Waals surface area contributed by atoms with Crippen LogP contribution in [0.25, 0.3) is 0 Å². The molecule has 0 unspecified atom stereocenters. The zero-order valence-corrected chi connectivity index (χ0v) is 16.6. The molecule has 1 amide bonds. The Balaban J connectivity index is 1.46. The molecule has 4 heteroatoms. The molecule has 0 spiro atoms. The van der Waals surface area contributed by atoms with Crippen LogP contribution in [-0.4, -0.2) is 31.0 Å². The van der Waals surface area contributed by atoms with Crippen LogP contribution in [0.1, 0.15) is 42.5 Å². The van der Waals surface area contributed by atoms with Gasteiger partial charge in [0.05, 0.1) is 13.2 Å². The lowest BCUT2D eigenvalue weighted by Crippen LogP contribution is -2.40. The lowest BCUT2D eigenvalue weighted by molar-refractivity contribution is -0.127. The Morgan fingerprint density at radius 2 is 1.74 bits per heavy atom. The van der Waals surface area contributed by atoms with Crippen LogP contribution in [0.4, 0.5) is 0 Å². The van der Waals surface area contributed by atoms with Gasteiger partial charge in [-0.05, 0) is 63.0 Å². The van der Waals surface area contributed by atoms with E-state index in [-0.39, 0.29) is 17.9 Å². The maximum Gasteiger partial charge on any atom is 0.223 e. The second kappa shape index (κ2) is 9.05. The van der Waals surface area contributed by atoms with Crippen molar-refractivity contribution in [1.82, 2.24) is 10.2 Å². The summed E-state index contributed by atoms with van der Waals surface area (Å²) in [5.41, 5.74) is 3.73. The number of nitrogens with one attached hydrogen (secondary N) is 1. The smallest absolute Gasteiger partial charge is 0.223 e. The summed E-state index contributed by atoms with van der Waals surface area (Å²) in [6, 6.07) is 16.6. The topological polar surface area (TPSA) is 41.6 Å². The molecule has 2 aromatic rings. The number of ether oxygens (including phenoxy) is 1. The van der Waals surface area contributed by atoms with Crippen LogP contribution in [0, 0.1) is 12.8 Å². The molecule has 1 N–H and O–H groups in total. The summed E-state index contributed by atoms with van der Waals surface area (Å²) in [6.07, 6.45) is 1.85. The zero-order chi connectivity index (χ0) is 19.2. The number of carbonyl (C=O) groups is 1. The molecule has 1 heterocycles. The fourth-order valence-corrected chi connectivity index (χ4v) is 3.61. The van der Waals surface area contributed by atoms with Crippen LogP contribution in [0.2, 0.25) is 0 Å². The Kier molecular flexibility index (Phi) is 6.51. The Bertz CT molecular complexity index is 732. The van der Waals surface area contributed by atoms with Crippen molar-refractivity contribution in [3.63, 3.8) is 0 Å². The second-order valence-corrected chi connectivity index (χ2v) is 7.54. The van der Waals surface area contributed by atoms with E-state index in [9.17, 15) is 4.79 Å². The zero-order valence-electron chi connectivity index (χ0n) is 16.6. The third-order valence-corrected chi connectivity index (χ3v) is 5.46. The fraction of sp³-hybridized carbons (Fsp3) is 0.435. The predicted molar refractivity (Wildman–Crippen MR) is 109 cm³/mol. The first-order valence-corrected chi connectivity index (χ1v) is 9.77. The maximum atomic E-state index is 12.7. The number of methoxy groups -OCH3 is 1. The van der Waals surface area contributed by atoms with Gasteiger partial charge in [0.2, 0.25) is 5.91 Å². The van der Waals surface area contributed by atoms with E-state index in [2.05, 4.69) is 41.4 Å². The number of aryl methyl sites for hydroxylation is 1. The fourth-order valence-electron chi connectivity index (χ4n) is 3.61. The van der Waals surface area contributed by atoms with Crippen LogP contribution < -0.4 is 10.1 Å². The second-order valence-electron chi connectivity index (χ2n) is 7.54. The SMILES string of the molecule is COc1ccc([C@H](C)NC(=O)C2CCN(Cc3ccc(C)cc3)CC2)cc1. The highest BCUT2D eigenvalue weighted by Gasteiger charge is 2.26. The number of nitrogens with zero attached hydrogens (tertiary/aromatic N) is 1. The van der Waals surface area contributed by atoms with Gasteiger partial charge in [0.1, 0.15) is 5.75 Å². The molecular weight excluding hydrogens is 336 g/mol. The lowest BCUT2D eigenvalue weighted by Gasteiger charge is -2.32. The van der Waals surface area contributed by atoms with Crippen LogP contribution >= 0.6 is 0 Å². The minimum absolute atomic E-state index is 0.00833. The van der Waals surface area contributed by atoms with Crippen LogP contribution in [0.5, 0.6) is 5.75 Å². The number of hydrogen-bond acceptors (Lipinski definition) is 3. The monoisotopic (exact) mass is 366 g/mol. The average Bonchev–Trinajstić information content (AvgIpc) is 2.70. The van der Waals surface area contributed by atoms with Gasteiger partial charge in [-0.15, -0.1) is 0 Å². The third kappa shape index (κ3) is 5.33. The first-order chi connectivity index (χ1) is 13.0. The predicted octanol–water partition coefficient (Wildman–Crippen LogP) is 4.09. The minimum Gasteiger partial charge on any atom is -0.497 e. The van der Waals surface area contributed by atoms with E-state index in [1.54, 1.807) is 7.11 Å². The van der Waals surface area contributed by atoms with E-state index >= 15 is 0 Å². The van der Waals surface area contributed by atoms with Gasteiger partial charge >= 0.3 is 0 Å². The van der Waals surface area contributed by atoms with Gasteiger partial charge in [-0.25, -0.2) is 0 Å². The highest BCUT2D eigenvalue weighted by molar-refractivity contribution is 5.79. The van der Waals surface area contributed by atoms with E-state index in [4.69, 9.17) is 4.74 Å². The van der Waals surface area contributed by atoms with E-state index in [1.807, 2.05) is 31.2 Å². The molecule has 0 radical (unpaired) electrons. The van der Waals surface area contributed by atoms with Crippen molar-refractivity contribution >= 4 is 5.91 Å². The van der Waals surface area contributed by atoms with Gasteiger partial charge < -0.3 is 10.1 Å². The van der Waals surface area contributed by atoms with Crippen molar-refractivity contribution in [1.29, 1.82) is 0 Å². The molecule has 1 aliphatic heterocycles. The Hall–Kier alpha value is -2.33. The molecule has 1 atom stereocenters. The van der Waals surface area contributed by atoms with Crippen LogP contribution in [0.15, 0.2) is 48.5 Å². The molecule has 1 saturated heterocycles. The lowest BCUT2D eigenvalue weighted by atomic mass is 9.94. The highest BCUT2D eigenvalue weighted by Crippen LogP contribution is 2.22. The van der Waals surface area contributed by atoms with Gasteiger partial charge in [-0.1, -0.05) is 42.0 Å². The van der Waals surface area contributed by atoms with E-state index in [1.165, 1.54) is 11.1 Å². The summed E-state index contributed by atoms with van der Waals surface area (Å²) in [5, 5.41) is 3.18. The number of rotatable bonds is 6. The highest BCUT2D eigenvalue weighted by atomic mass is 16.5. The summed E-state index contributed by atoms with van der Waals surface area (Å²) < 4.78 is 5.19. The first-order valence-electron chi connectivity index (χ1n) is 9.77. The Morgan fingerprint density at radius 1 is 1.11 bits per heavy atom. The quantitative estimate of drug-likeness (QED) is 0.837. The molecule has 4 nitrogen and oxygen atoms in total. The largest absolute Gasteiger partial charge is 0.497 e. The molecule has 1 aliphatic rings. The number of piperidine rings is 1. The standard InChI is InChI=1S/C23H30N2O2/c1-17-4-6-19(7-5-17)16-25-14-12-21(13-15-25)23(26)24-18(2)20-8-10-22(27-3)11-9-20/h4-11,18,21H,12-16H2,1-3H3,(H,24,26)/t18-/m0/s1. The summed E-state index contributed by atoms with van der Waals surface area (Å²) in [7, 11) is 1.66. The van der Waals surface area contributed by atoms with Gasteiger partial charge in [0, 0.05) is 12.5 Å². The van der Waals surface area contributed by atoms with E-state index in [0.29, 0.717) is 0 Å². The van der Waals surface area contributed by atoms with Crippen LogP contribution in [-0.2, 0) is 11.3 Å². The van der Waals surface area contributed by atoms with E-state index in [0.717, 1.165) is 43.8 Å². The number of amides is 1. The molecule has 0 saturated carbocycles. The van der Waals surface area contributed by atoms with Crippen molar-refractivity contribution in [2.24, 2.45) is 5.92 Å².